The Morgan fingerprint density at radius 3 is 2.00 bits per heavy atom. The third kappa shape index (κ3) is 5.42. The lowest BCUT2D eigenvalue weighted by atomic mass is 10.0. The minimum atomic E-state index is -1.46. The van der Waals surface area contributed by atoms with Crippen molar-refractivity contribution in [2.75, 3.05) is 23.9 Å². The highest BCUT2D eigenvalue weighted by molar-refractivity contribution is 7.86. The molecule has 0 bridgehead atoms. The summed E-state index contributed by atoms with van der Waals surface area (Å²) in [5.74, 6) is 0.401. The maximum Gasteiger partial charge on any atom is 0.243 e. The number of carbonyl (C=O) groups excluding carboxylic acids is 1. The molecule has 2 aromatic carbocycles. The number of rotatable bonds is 8. The molecule has 0 radical (unpaired) electrons. The normalized spacial score (nSPS) is 12.1. The van der Waals surface area contributed by atoms with Crippen molar-refractivity contribution < 1.29 is 9.00 Å². The lowest BCUT2D eigenvalue weighted by molar-refractivity contribution is -0.129. The van der Waals surface area contributed by atoms with Crippen LogP contribution < -0.4 is 4.31 Å². The number of hydrogen-bond acceptors (Lipinski definition) is 2. The van der Waals surface area contributed by atoms with Crippen LogP contribution in [0.25, 0.3) is 0 Å². The predicted octanol–water partition coefficient (Wildman–Crippen LogP) is 4.52. The van der Waals surface area contributed by atoms with Crippen LogP contribution in [-0.2, 0) is 15.8 Å². The number of anilines is 1. The Balaban J connectivity index is 2.34. The summed E-state index contributed by atoms with van der Waals surface area (Å²) < 4.78 is 15.0. The minimum absolute atomic E-state index is 0.0206. The first-order valence-electron chi connectivity index (χ1n) is 9.51. The molecular formula is C22H30N2O2S. The molecule has 0 aliphatic heterocycles. The Labute approximate surface area is 165 Å². The fourth-order valence-electron chi connectivity index (χ4n) is 2.85. The number of benzene rings is 2. The summed E-state index contributed by atoms with van der Waals surface area (Å²) in [5, 5.41) is 0. The molecule has 0 saturated heterocycles. The van der Waals surface area contributed by atoms with Crippen LogP contribution in [0.2, 0.25) is 0 Å². The highest BCUT2D eigenvalue weighted by Gasteiger charge is 2.22. The van der Waals surface area contributed by atoms with Gasteiger partial charge in [0, 0.05) is 13.1 Å². The van der Waals surface area contributed by atoms with E-state index in [1.165, 1.54) is 5.56 Å². The highest BCUT2D eigenvalue weighted by atomic mass is 32.2. The SMILES string of the molecule is CCN(CC)C(=O)CN(c1ccc(C)cc1)S(=O)c1ccc(C(C)C)cc1. The van der Waals surface area contributed by atoms with Gasteiger partial charge in [-0.15, -0.1) is 0 Å². The molecule has 0 N–H and O–H groups in total. The molecule has 0 saturated carbocycles. The summed E-state index contributed by atoms with van der Waals surface area (Å²) in [6.07, 6.45) is 0. The van der Waals surface area contributed by atoms with Crippen molar-refractivity contribution in [2.45, 2.75) is 45.4 Å². The largest absolute Gasteiger partial charge is 0.342 e. The van der Waals surface area contributed by atoms with Crippen LogP contribution in [0.15, 0.2) is 53.4 Å². The van der Waals surface area contributed by atoms with Crippen LogP contribution >= 0.6 is 0 Å². The molecular weight excluding hydrogens is 356 g/mol. The molecule has 146 valence electrons. The smallest absolute Gasteiger partial charge is 0.243 e. The van der Waals surface area contributed by atoms with E-state index in [9.17, 15) is 9.00 Å². The zero-order valence-corrected chi connectivity index (χ0v) is 17.8. The Morgan fingerprint density at radius 2 is 1.52 bits per heavy atom. The van der Waals surface area contributed by atoms with E-state index >= 15 is 0 Å². The van der Waals surface area contributed by atoms with Gasteiger partial charge in [0.25, 0.3) is 0 Å². The Bertz CT molecular complexity index is 766. The van der Waals surface area contributed by atoms with Gasteiger partial charge >= 0.3 is 0 Å². The molecule has 0 fully saturated rings. The van der Waals surface area contributed by atoms with Gasteiger partial charge in [-0.3, -0.25) is 9.10 Å². The van der Waals surface area contributed by atoms with Crippen molar-refractivity contribution in [1.82, 2.24) is 4.90 Å². The van der Waals surface area contributed by atoms with Crippen LogP contribution in [0.4, 0.5) is 5.69 Å². The van der Waals surface area contributed by atoms with Gasteiger partial charge in [-0.2, -0.15) is 0 Å². The fraction of sp³-hybridized carbons (Fsp3) is 0.409. The lowest BCUT2D eigenvalue weighted by Gasteiger charge is -2.27. The summed E-state index contributed by atoms with van der Waals surface area (Å²) in [7, 11) is -1.46. The van der Waals surface area contributed by atoms with Gasteiger partial charge in [-0.05, 0) is 56.5 Å². The van der Waals surface area contributed by atoms with Crippen molar-refractivity contribution in [3.63, 3.8) is 0 Å². The molecule has 5 heteroatoms. The van der Waals surface area contributed by atoms with Crippen molar-refractivity contribution >= 4 is 22.6 Å². The van der Waals surface area contributed by atoms with Crippen molar-refractivity contribution in [3.05, 3.63) is 59.7 Å². The second-order valence-corrected chi connectivity index (χ2v) is 8.32. The number of likely N-dealkylation sites (N-methyl/N-ethyl adjacent to an activating group) is 1. The fourth-order valence-corrected chi connectivity index (χ4v) is 4.02. The van der Waals surface area contributed by atoms with Crippen LogP contribution in [0.3, 0.4) is 0 Å². The van der Waals surface area contributed by atoms with Gasteiger partial charge in [-0.1, -0.05) is 43.7 Å². The van der Waals surface area contributed by atoms with Crippen LogP contribution in [0.5, 0.6) is 0 Å². The molecule has 27 heavy (non-hydrogen) atoms. The van der Waals surface area contributed by atoms with Gasteiger partial charge in [0.2, 0.25) is 5.91 Å². The number of carbonyl (C=O) groups is 1. The standard InChI is InChI=1S/C22H30N2O2S/c1-6-23(7-2)22(25)16-24(20-12-8-18(5)9-13-20)27(26)21-14-10-19(11-15-21)17(3)4/h8-15,17H,6-7,16H2,1-5H3. The first kappa shape index (κ1) is 21.2. The molecule has 4 nitrogen and oxygen atoms in total. The first-order valence-corrected chi connectivity index (χ1v) is 10.6. The second kappa shape index (κ2) is 9.70. The summed E-state index contributed by atoms with van der Waals surface area (Å²) in [5.41, 5.74) is 3.12. The summed E-state index contributed by atoms with van der Waals surface area (Å²) >= 11 is 0. The number of hydrogen-bond donors (Lipinski definition) is 0. The molecule has 1 unspecified atom stereocenters. The zero-order chi connectivity index (χ0) is 20.0. The number of amides is 1. The highest BCUT2D eigenvalue weighted by Crippen LogP contribution is 2.23. The summed E-state index contributed by atoms with van der Waals surface area (Å²) in [6.45, 7) is 11.6. The van der Waals surface area contributed by atoms with Gasteiger partial charge in [-0.25, -0.2) is 4.21 Å². The average Bonchev–Trinajstić information content (AvgIpc) is 2.67. The topological polar surface area (TPSA) is 40.6 Å². The molecule has 2 aromatic rings. The van der Waals surface area contributed by atoms with E-state index in [1.54, 1.807) is 9.21 Å². The second-order valence-electron chi connectivity index (χ2n) is 6.91. The average molecular weight is 387 g/mol. The first-order chi connectivity index (χ1) is 12.9. The third-order valence-corrected chi connectivity index (χ3v) is 6.08. The quantitative estimate of drug-likeness (QED) is 0.669. The number of aryl methyl sites for hydroxylation is 1. The monoisotopic (exact) mass is 386 g/mol. The van der Waals surface area contributed by atoms with E-state index in [-0.39, 0.29) is 12.5 Å². The van der Waals surface area contributed by atoms with Crippen molar-refractivity contribution in [2.24, 2.45) is 0 Å². The molecule has 2 rings (SSSR count). The summed E-state index contributed by atoms with van der Waals surface area (Å²) in [4.78, 5) is 15.2. The van der Waals surface area contributed by atoms with E-state index < -0.39 is 11.0 Å². The van der Waals surface area contributed by atoms with Crippen LogP contribution in [0, 0.1) is 6.92 Å². The van der Waals surface area contributed by atoms with Gasteiger partial charge in [0.05, 0.1) is 10.6 Å². The third-order valence-electron chi connectivity index (χ3n) is 4.67. The Morgan fingerprint density at radius 1 is 0.963 bits per heavy atom. The molecule has 0 heterocycles. The van der Waals surface area contributed by atoms with E-state index in [0.29, 0.717) is 23.9 Å². The lowest BCUT2D eigenvalue weighted by Crippen LogP contribution is -2.41. The molecule has 0 aromatic heterocycles. The maximum absolute atomic E-state index is 13.3. The van der Waals surface area contributed by atoms with Gasteiger partial charge < -0.3 is 4.90 Å². The molecule has 0 aliphatic carbocycles. The van der Waals surface area contributed by atoms with Crippen LogP contribution in [-0.4, -0.2) is 34.7 Å². The van der Waals surface area contributed by atoms with Gasteiger partial charge in [0.1, 0.15) is 6.54 Å². The van der Waals surface area contributed by atoms with E-state index in [1.807, 2.05) is 69.3 Å². The molecule has 1 atom stereocenters. The predicted molar refractivity (Wildman–Crippen MR) is 113 cm³/mol. The minimum Gasteiger partial charge on any atom is -0.342 e. The van der Waals surface area contributed by atoms with E-state index in [2.05, 4.69) is 13.8 Å². The molecule has 0 spiro atoms. The molecule has 0 aliphatic rings. The van der Waals surface area contributed by atoms with Crippen molar-refractivity contribution in [1.29, 1.82) is 0 Å². The number of nitrogens with zero attached hydrogens (tertiary/aromatic N) is 2. The Kier molecular flexibility index (Phi) is 7.60. The molecule has 1 amide bonds. The van der Waals surface area contributed by atoms with Crippen LogP contribution in [0.1, 0.15) is 44.7 Å². The summed E-state index contributed by atoms with van der Waals surface area (Å²) in [6, 6.07) is 15.6. The van der Waals surface area contributed by atoms with E-state index in [0.717, 1.165) is 11.3 Å². The zero-order valence-electron chi connectivity index (χ0n) is 16.9. The Hall–Kier alpha value is -2.14. The van der Waals surface area contributed by atoms with E-state index in [4.69, 9.17) is 0 Å². The van der Waals surface area contributed by atoms with Gasteiger partial charge in [0.15, 0.2) is 11.0 Å². The van der Waals surface area contributed by atoms with Crippen molar-refractivity contribution in [3.8, 4) is 0 Å². The maximum atomic E-state index is 13.3.